The molecule has 21 heavy (non-hydrogen) atoms. The fourth-order valence-electron chi connectivity index (χ4n) is 2.91. The second-order valence-electron chi connectivity index (χ2n) is 6.12. The summed E-state index contributed by atoms with van der Waals surface area (Å²) in [6.07, 6.45) is -3.85. The van der Waals surface area contributed by atoms with Crippen molar-refractivity contribution in [2.45, 2.75) is 52.1 Å². The number of carbonyl (C=O) groups excluding carboxylic acids is 1. The largest absolute Gasteiger partial charge is 0.389 e. The van der Waals surface area contributed by atoms with Gasteiger partial charge in [0.25, 0.3) is 0 Å². The molecule has 0 heterocycles. The van der Waals surface area contributed by atoms with Gasteiger partial charge in [0.15, 0.2) is 0 Å². The van der Waals surface area contributed by atoms with Gasteiger partial charge in [0.1, 0.15) is 0 Å². The number of halogens is 3. The first-order valence-corrected chi connectivity index (χ1v) is 8.75. The van der Waals surface area contributed by atoms with Crippen LogP contribution in [0, 0.1) is 17.8 Å². The van der Waals surface area contributed by atoms with E-state index in [1.54, 1.807) is 0 Å². The zero-order valence-corrected chi connectivity index (χ0v) is 13.1. The first-order valence-electron chi connectivity index (χ1n) is 7.09. The van der Waals surface area contributed by atoms with Gasteiger partial charge < -0.3 is 0 Å². The molecule has 1 rings (SSSR count). The van der Waals surface area contributed by atoms with Crippen LogP contribution in [0.1, 0.15) is 46.0 Å². The quantitative estimate of drug-likeness (QED) is 0.843. The van der Waals surface area contributed by atoms with Crippen LogP contribution < -0.4 is 4.72 Å². The lowest BCUT2D eigenvalue weighted by Crippen LogP contribution is -2.39. The van der Waals surface area contributed by atoms with E-state index >= 15 is 0 Å². The van der Waals surface area contributed by atoms with Crippen molar-refractivity contribution in [2.75, 3.05) is 5.75 Å². The first kappa shape index (κ1) is 18.3. The van der Waals surface area contributed by atoms with E-state index in [-0.39, 0.29) is 5.92 Å². The maximum atomic E-state index is 12.0. The Balaban J connectivity index is 2.49. The molecule has 3 atom stereocenters. The van der Waals surface area contributed by atoms with Crippen molar-refractivity contribution in [2.24, 2.45) is 17.8 Å². The average Bonchev–Trinajstić information content (AvgIpc) is 2.24. The fourth-order valence-corrected chi connectivity index (χ4v) is 4.01. The number of rotatable bonds is 5. The first-order chi connectivity index (χ1) is 9.48. The van der Waals surface area contributed by atoms with Crippen LogP contribution in [0.2, 0.25) is 0 Å². The fraction of sp³-hybridized carbons (Fsp3) is 0.923. The number of hydrogen-bond donors (Lipinski definition) is 1. The summed E-state index contributed by atoms with van der Waals surface area (Å²) < 4.78 is 61.1. The molecule has 0 saturated heterocycles. The number of alkyl halides is 3. The summed E-state index contributed by atoms with van der Waals surface area (Å²) in [5, 5.41) is 0. The molecule has 1 N–H and O–H groups in total. The van der Waals surface area contributed by atoms with Crippen LogP contribution in [0.5, 0.6) is 0 Å². The van der Waals surface area contributed by atoms with Gasteiger partial charge >= 0.3 is 6.18 Å². The Morgan fingerprint density at radius 2 is 1.67 bits per heavy atom. The lowest BCUT2D eigenvalue weighted by Gasteiger charge is -2.30. The van der Waals surface area contributed by atoms with Gasteiger partial charge in [-0.05, 0) is 37.5 Å². The Kier molecular flexibility index (Phi) is 6.07. The Labute approximate surface area is 123 Å². The molecular formula is C13H22F3NO3S. The van der Waals surface area contributed by atoms with Gasteiger partial charge in [-0.1, -0.05) is 13.8 Å². The summed E-state index contributed by atoms with van der Waals surface area (Å²) in [7, 11) is -3.99. The SMILES string of the molecule is C[C@@H]1CC(C(=O)NS(=O)(=O)CCCC(F)(F)F)C[C@H](C)C1. The van der Waals surface area contributed by atoms with Crippen molar-refractivity contribution >= 4 is 15.9 Å². The lowest BCUT2D eigenvalue weighted by molar-refractivity contribution is -0.134. The normalized spacial score (nSPS) is 27.4. The van der Waals surface area contributed by atoms with Gasteiger partial charge in [-0.2, -0.15) is 13.2 Å². The maximum Gasteiger partial charge on any atom is 0.389 e. The second kappa shape index (κ2) is 6.98. The zero-order chi connectivity index (χ0) is 16.3. The lowest BCUT2D eigenvalue weighted by atomic mass is 9.76. The van der Waals surface area contributed by atoms with Crippen LogP contribution in [0.25, 0.3) is 0 Å². The highest BCUT2D eigenvalue weighted by Crippen LogP contribution is 2.33. The Hall–Kier alpha value is -0.790. The molecule has 0 aromatic heterocycles. The van der Waals surface area contributed by atoms with E-state index in [1.165, 1.54) is 0 Å². The van der Waals surface area contributed by atoms with Gasteiger partial charge in [0, 0.05) is 12.3 Å². The standard InChI is InChI=1S/C13H22F3NO3S/c1-9-6-10(2)8-11(7-9)12(18)17-21(19,20)5-3-4-13(14,15)16/h9-11H,3-8H2,1-2H3,(H,17,18)/t9-,10+,11?. The summed E-state index contributed by atoms with van der Waals surface area (Å²) in [6.45, 7) is 4.02. The number of hydrogen-bond acceptors (Lipinski definition) is 3. The molecule has 4 nitrogen and oxygen atoms in total. The Bertz CT molecular complexity index is 452. The molecule has 0 spiro atoms. The number of sulfonamides is 1. The highest BCUT2D eigenvalue weighted by atomic mass is 32.2. The van der Waals surface area contributed by atoms with E-state index < -0.39 is 40.7 Å². The smallest absolute Gasteiger partial charge is 0.274 e. The Morgan fingerprint density at radius 1 is 1.14 bits per heavy atom. The van der Waals surface area contributed by atoms with Crippen molar-refractivity contribution < 1.29 is 26.4 Å². The molecule has 1 aliphatic rings. The summed E-state index contributed by atoms with van der Waals surface area (Å²) >= 11 is 0. The minimum Gasteiger partial charge on any atom is -0.274 e. The van der Waals surface area contributed by atoms with E-state index in [4.69, 9.17) is 0 Å². The van der Waals surface area contributed by atoms with E-state index in [2.05, 4.69) is 0 Å². The molecule has 1 saturated carbocycles. The van der Waals surface area contributed by atoms with E-state index in [1.807, 2.05) is 18.6 Å². The van der Waals surface area contributed by atoms with Gasteiger partial charge in [0.2, 0.25) is 15.9 Å². The predicted molar refractivity (Wildman–Crippen MR) is 72.9 cm³/mol. The van der Waals surface area contributed by atoms with E-state index in [0.717, 1.165) is 6.42 Å². The highest BCUT2D eigenvalue weighted by molar-refractivity contribution is 7.90. The second-order valence-corrected chi connectivity index (χ2v) is 7.96. The minimum atomic E-state index is -4.38. The topological polar surface area (TPSA) is 63.2 Å². The minimum absolute atomic E-state index is 0.345. The van der Waals surface area contributed by atoms with Crippen molar-refractivity contribution in [3.63, 3.8) is 0 Å². The van der Waals surface area contributed by atoms with Crippen LogP contribution >= 0.6 is 0 Å². The molecule has 0 bridgehead atoms. The van der Waals surface area contributed by atoms with Crippen molar-refractivity contribution in [3.05, 3.63) is 0 Å². The average molecular weight is 329 g/mol. The van der Waals surface area contributed by atoms with Crippen LogP contribution in [0.4, 0.5) is 13.2 Å². The molecule has 8 heteroatoms. The molecular weight excluding hydrogens is 307 g/mol. The predicted octanol–water partition coefficient (Wildman–Crippen LogP) is 2.85. The maximum absolute atomic E-state index is 12.0. The van der Waals surface area contributed by atoms with Crippen LogP contribution in [0.3, 0.4) is 0 Å². The van der Waals surface area contributed by atoms with Crippen molar-refractivity contribution in [3.8, 4) is 0 Å². The molecule has 0 aliphatic heterocycles. The summed E-state index contributed by atoms with van der Waals surface area (Å²) in [5.74, 6) is -0.952. The number of nitrogens with one attached hydrogen (secondary N) is 1. The van der Waals surface area contributed by atoms with Gasteiger partial charge in [-0.25, -0.2) is 8.42 Å². The molecule has 1 aliphatic carbocycles. The molecule has 0 aromatic carbocycles. The van der Waals surface area contributed by atoms with Gasteiger partial charge in [0.05, 0.1) is 5.75 Å². The summed E-state index contributed by atoms with van der Waals surface area (Å²) in [6, 6.07) is 0. The molecule has 0 aromatic rings. The third kappa shape index (κ3) is 7.15. The van der Waals surface area contributed by atoms with E-state index in [9.17, 15) is 26.4 Å². The van der Waals surface area contributed by atoms with Crippen LogP contribution in [-0.4, -0.2) is 26.3 Å². The van der Waals surface area contributed by atoms with Crippen LogP contribution in [0.15, 0.2) is 0 Å². The van der Waals surface area contributed by atoms with Gasteiger partial charge in [-0.15, -0.1) is 0 Å². The third-order valence-corrected chi connectivity index (χ3v) is 5.02. The summed E-state index contributed by atoms with van der Waals surface area (Å²) in [5.41, 5.74) is 0. The van der Waals surface area contributed by atoms with Crippen molar-refractivity contribution in [1.82, 2.24) is 4.72 Å². The monoisotopic (exact) mass is 329 g/mol. The zero-order valence-electron chi connectivity index (χ0n) is 12.2. The molecule has 1 unspecified atom stereocenters. The molecule has 1 amide bonds. The Morgan fingerprint density at radius 3 is 2.14 bits per heavy atom. The van der Waals surface area contributed by atoms with Crippen molar-refractivity contribution in [1.29, 1.82) is 0 Å². The molecule has 0 radical (unpaired) electrons. The summed E-state index contributed by atoms with van der Waals surface area (Å²) in [4.78, 5) is 12.0. The van der Waals surface area contributed by atoms with Crippen LogP contribution in [-0.2, 0) is 14.8 Å². The highest BCUT2D eigenvalue weighted by Gasteiger charge is 2.32. The van der Waals surface area contributed by atoms with Gasteiger partial charge in [-0.3, -0.25) is 9.52 Å². The number of carbonyl (C=O) groups is 1. The molecule has 1 fully saturated rings. The number of amides is 1. The van der Waals surface area contributed by atoms with E-state index in [0.29, 0.717) is 24.7 Å². The molecule has 124 valence electrons. The third-order valence-electron chi connectivity index (χ3n) is 3.68.